The number of nitrogens with one attached hydrogen (secondary N) is 1. The van der Waals surface area contributed by atoms with Gasteiger partial charge in [-0.05, 0) is 30.2 Å². The summed E-state index contributed by atoms with van der Waals surface area (Å²) in [5, 5.41) is 12.8. The molecule has 1 aromatic carbocycles. The molecule has 1 aliphatic heterocycles. The van der Waals surface area contributed by atoms with E-state index in [0.29, 0.717) is 34.8 Å². The number of hydrogen-bond acceptors (Lipinski definition) is 5. The van der Waals surface area contributed by atoms with Crippen molar-refractivity contribution in [2.24, 2.45) is 4.99 Å². The summed E-state index contributed by atoms with van der Waals surface area (Å²) in [7, 11) is 0. The van der Waals surface area contributed by atoms with Gasteiger partial charge in [-0.25, -0.2) is 4.98 Å². The Kier molecular flexibility index (Phi) is 5.63. The molecule has 1 aliphatic rings. The molecule has 0 radical (unpaired) electrons. The molecule has 2 N–H and O–H groups in total. The van der Waals surface area contributed by atoms with Gasteiger partial charge in [-0.15, -0.1) is 0 Å². The number of aromatic nitrogens is 2. The number of aliphatic imine (C=N–C) groups is 1. The van der Waals surface area contributed by atoms with Crippen molar-refractivity contribution in [2.75, 3.05) is 0 Å². The van der Waals surface area contributed by atoms with Crippen molar-refractivity contribution in [3.63, 3.8) is 0 Å². The SMILES string of the molecule is C[C@@H](NC(=O)Cc1cc2c(c(CO)n1)C(c1ccnc(F)c1)=NC2)c1ccccc1. The number of carbonyl (C=O) groups excluding carboxylic acids is 1. The Morgan fingerprint density at radius 2 is 2.03 bits per heavy atom. The molecular weight excluding hydrogens is 383 g/mol. The van der Waals surface area contributed by atoms with Crippen LogP contribution in [0.3, 0.4) is 0 Å². The zero-order chi connectivity index (χ0) is 21.1. The molecular formula is C23H21FN4O2. The van der Waals surface area contributed by atoms with Crippen LogP contribution in [0, 0.1) is 5.95 Å². The van der Waals surface area contributed by atoms with Crippen LogP contribution in [0.1, 0.15) is 46.6 Å². The summed E-state index contributed by atoms with van der Waals surface area (Å²) in [6.07, 6.45) is 1.47. The molecule has 6 nitrogen and oxygen atoms in total. The summed E-state index contributed by atoms with van der Waals surface area (Å²) < 4.78 is 13.5. The summed E-state index contributed by atoms with van der Waals surface area (Å²) in [6.45, 7) is 2.01. The molecule has 3 heterocycles. The topological polar surface area (TPSA) is 87.5 Å². The summed E-state index contributed by atoms with van der Waals surface area (Å²) >= 11 is 0. The minimum atomic E-state index is -0.594. The van der Waals surface area contributed by atoms with Crippen LogP contribution in [0.5, 0.6) is 0 Å². The number of halogens is 1. The summed E-state index contributed by atoms with van der Waals surface area (Å²) in [5.41, 5.74) is 4.74. The van der Waals surface area contributed by atoms with Gasteiger partial charge in [0.15, 0.2) is 0 Å². The molecule has 3 aromatic rings. The van der Waals surface area contributed by atoms with Crippen LogP contribution >= 0.6 is 0 Å². The minimum absolute atomic E-state index is 0.0939. The number of nitrogens with zero attached hydrogens (tertiary/aromatic N) is 3. The molecule has 7 heteroatoms. The third-order valence-electron chi connectivity index (χ3n) is 5.04. The number of benzene rings is 1. The van der Waals surface area contributed by atoms with Crippen LogP contribution in [0.25, 0.3) is 0 Å². The first-order chi connectivity index (χ1) is 14.5. The van der Waals surface area contributed by atoms with Gasteiger partial charge in [0.1, 0.15) is 0 Å². The van der Waals surface area contributed by atoms with E-state index in [1.54, 1.807) is 6.07 Å². The van der Waals surface area contributed by atoms with Gasteiger partial charge in [0.05, 0.1) is 42.7 Å². The smallest absolute Gasteiger partial charge is 0.226 e. The Balaban J connectivity index is 1.54. The number of pyridine rings is 2. The number of aliphatic hydroxyl groups is 1. The summed E-state index contributed by atoms with van der Waals surface area (Å²) in [4.78, 5) is 25.1. The number of amides is 1. The highest BCUT2D eigenvalue weighted by atomic mass is 19.1. The highest BCUT2D eigenvalue weighted by molar-refractivity contribution is 6.15. The molecule has 0 fully saturated rings. The van der Waals surface area contributed by atoms with Crippen LogP contribution in [0.2, 0.25) is 0 Å². The lowest BCUT2D eigenvalue weighted by molar-refractivity contribution is -0.121. The second-order valence-corrected chi connectivity index (χ2v) is 7.16. The number of aliphatic hydroxyl groups excluding tert-OH is 1. The van der Waals surface area contributed by atoms with Crippen molar-refractivity contribution in [3.8, 4) is 0 Å². The Bertz CT molecular complexity index is 1120. The lowest BCUT2D eigenvalue weighted by atomic mass is 9.98. The Hall–Kier alpha value is -3.45. The highest BCUT2D eigenvalue weighted by Gasteiger charge is 2.24. The Morgan fingerprint density at radius 3 is 2.77 bits per heavy atom. The van der Waals surface area contributed by atoms with Gasteiger partial charge in [0.25, 0.3) is 0 Å². The highest BCUT2D eigenvalue weighted by Crippen LogP contribution is 2.27. The molecule has 0 bridgehead atoms. The maximum Gasteiger partial charge on any atom is 0.226 e. The Morgan fingerprint density at radius 1 is 1.23 bits per heavy atom. The van der Waals surface area contributed by atoms with E-state index < -0.39 is 5.95 Å². The largest absolute Gasteiger partial charge is 0.390 e. The summed E-state index contributed by atoms with van der Waals surface area (Å²) in [5.74, 6) is -0.749. The van der Waals surface area contributed by atoms with Crippen molar-refractivity contribution >= 4 is 11.6 Å². The van der Waals surface area contributed by atoms with Crippen molar-refractivity contribution in [1.29, 1.82) is 0 Å². The van der Waals surface area contributed by atoms with Crippen molar-refractivity contribution < 1.29 is 14.3 Å². The second-order valence-electron chi connectivity index (χ2n) is 7.16. The van der Waals surface area contributed by atoms with E-state index in [-0.39, 0.29) is 25.0 Å². The van der Waals surface area contributed by atoms with E-state index in [1.165, 1.54) is 12.3 Å². The van der Waals surface area contributed by atoms with Crippen molar-refractivity contribution in [1.82, 2.24) is 15.3 Å². The fourth-order valence-corrected chi connectivity index (χ4v) is 3.65. The zero-order valence-electron chi connectivity index (χ0n) is 16.5. The third kappa shape index (κ3) is 4.11. The molecule has 0 saturated heterocycles. The first kappa shape index (κ1) is 19.8. The normalized spacial score (nSPS) is 13.5. The molecule has 2 aromatic heterocycles. The van der Waals surface area contributed by atoms with E-state index in [1.807, 2.05) is 43.3 Å². The minimum Gasteiger partial charge on any atom is -0.390 e. The average Bonchev–Trinajstić information content (AvgIpc) is 3.17. The van der Waals surface area contributed by atoms with Gasteiger partial charge >= 0.3 is 0 Å². The number of hydrogen-bond donors (Lipinski definition) is 2. The second kappa shape index (κ2) is 8.51. The lowest BCUT2D eigenvalue weighted by Crippen LogP contribution is -2.28. The van der Waals surface area contributed by atoms with Crippen molar-refractivity contribution in [3.05, 3.63) is 94.3 Å². The predicted octanol–water partition coefficient (Wildman–Crippen LogP) is 2.88. The van der Waals surface area contributed by atoms with E-state index in [4.69, 9.17) is 0 Å². The first-order valence-corrected chi connectivity index (χ1v) is 9.68. The molecule has 0 saturated carbocycles. The molecule has 152 valence electrons. The molecule has 30 heavy (non-hydrogen) atoms. The monoisotopic (exact) mass is 404 g/mol. The van der Waals surface area contributed by atoms with Gasteiger partial charge in [-0.2, -0.15) is 4.39 Å². The predicted molar refractivity (Wildman–Crippen MR) is 110 cm³/mol. The van der Waals surface area contributed by atoms with Gasteiger partial charge in [-0.1, -0.05) is 30.3 Å². The van der Waals surface area contributed by atoms with E-state index in [2.05, 4.69) is 20.3 Å². The fraction of sp³-hybridized carbons (Fsp3) is 0.217. The molecule has 4 rings (SSSR count). The third-order valence-corrected chi connectivity index (χ3v) is 5.04. The van der Waals surface area contributed by atoms with E-state index in [0.717, 1.165) is 11.1 Å². The van der Waals surface area contributed by atoms with Gasteiger partial charge in [0, 0.05) is 23.4 Å². The van der Waals surface area contributed by atoms with Crippen LogP contribution in [-0.4, -0.2) is 26.7 Å². The Labute approximate surface area is 173 Å². The average molecular weight is 404 g/mol. The van der Waals surface area contributed by atoms with E-state index in [9.17, 15) is 14.3 Å². The van der Waals surface area contributed by atoms with Crippen molar-refractivity contribution in [2.45, 2.75) is 32.5 Å². The molecule has 1 atom stereocenters. The van der Waals surface area contributed by atoms with Gasteiger partial charge in [-0.3, -0.25) is 14.8 Å². The van der Waals surface area contributed by atoms with Crippen LogP contribution < -0.4 is 5.32 Å². The molecule has 0 unspecified atom stereocenters. The van der Waals surface area contributed by atoms with E-state index >= 15 is 0 Å². The fourth-order valence-electron chi connectivity index (χ4n) is 3.65. The van der Waals surface area contributed by atoms with Crippen LogP contribution in [-0.2, 0) is 24.4 Å². The summed E-state index contributed by atoms with van der Waals surface area (Å²) in [6, 6.07) is 14.4. The standard InChI is InChI=1S/C23H21FN4O2/c1-14(15-5-3-2-4-6-15)27-21(30)11-18-9-17-12-26-23(22(17)19(13-29)28-18)16-7-8-25-20(24)10-16/h2-10,14,29H,11-13H2,1H3,(H,27,30)/t14-/m1/s1. The number of carbonyl (C=O) groups is 1. The first-order valence-electron chi connectivity index (χ1n) is 9.68. The molecule has 0 aliphatic carbocycles. The van der Waals surface area contributed by atoms with Gasteiger partial charge in [0.2, 0.25) is 11.9 Å². The quantitative estimate of drug-likeness (QED) is 0.619. The lowest BCUT2D eigenvalue weighted by Gasteiger charge is -2.15. The van der Waals surface area contributed by atoms with Crippen LogP contribution in [0.4, 0.5) is 4.39 Å². The van der Waals surface area contributed by atoms with Crippen LogP contribution in [0.15, 0.2) is 59.7 Å². The maximum absolute atomic E-state index is 13.5. The van der Waals surface area contributed by atoms with Gasteiger partial charge < -0.3 is 10.4 Å². The zero-order valence-corrected chi connectivity index (χ0v) is 16.5. The molecule has 0 spiro atoms. The number of rotatable bonds is 6. The number of fused-ring (bicyclic) bond motifs is 1. The maximum atomic E-state index is 13.5. The molecule has 1 amide bonds.